The second-order valence-electron chi connectivity index (χ2n) is 6.75. The van der Waals surface area contributed by atoms with E-state index in [9.17, 15) is 12.8 Å². The van der Waals surface area contributed by atoms with Crippen LogP contribution in [0.25, 0.3) is 0 Å². The molecule has 0 N–H and O–H groups in total. The van der Waals surface area contributed by atoms with Crippen LogP contribution >= 0.6 is 11.8 Å². The van der Waals surface area contributed by atoms with Crippen molar-refractivity contribution in [2.24, 2.45) is 4.99 Å². The normalized spacial score (nSPS) is 23.8. The highest BCUT2D eigenvalue weighted by atomic mass is 32.2. The van der Waals surface area contributed by atoms with Crippen molar-refractivity contribution in [3.05, 3.63) is 65.5 Å². The third-order valence-corrected chi connectivity index (χ3v) is 7.41. The minimum atomic E-state index is -3.06. The lowest BCUT2D eigenvalue weighted by molar-refractivity contribution is 0.601. The van der Waals surface area contributed by atoms with Gasteiger partial charge in [-0.2, -0.15) is 0 Å². The fourth-order valence-electron chi connectivity index (χ4n) is 3.42. The van der Waals surface area contributed by atoms with E-state index in [0.717, 1.165) is 22.0 Å². The van der Waals surface area contributed by atoms with E-state index in [0.29, 0.717) is 5.75 Å². The van der Waals surface area contributed by atoms with Gasteiger partial charge >= 0.3 is 0 Å². The topological polar surface area (TPSA) is 49.7 Å². The molecule has 1 saturated heterocycles. The molecule has 136 valence electrons. The Hall–Kier alpha value is -1.86. The van der Waals surface area contributed by atoms with Crippen molar-refractivity contribution in [3.63, 3.8) is 0 Å². The summed E-state index contributed by atoms with van der Waals surface area (Å²) >= 11 is 1.52. The van der Waals surface area contributed by atoms with Gasteiger partial charge in [0.2, 0.25) is 0 Å². The molecule has 2 aliphatic heterocycles. The van der Waals surface area contributed by atoms with Gasteiger partial charge in [-0.15, -0.1) is 0 Å². The predicted molar refractivity (Wildman–Crippen MR) is 105 cm³/mol. The molecule has 0 spiro atoms. The number of aliphatic imine (C=N–C) groups is 1. The molecule has 2 heterocycles. The molecule has 2 aromatic rings. The number of sulfone groups is 1. The van der Waals surface area contributed by atoms with Gasteiger partial charge in [-0.25, -0.2) is 12.8 Å². The van der Waals surface area contributed by atoms with Crippen molar-refractivity contribution in [1.29, 1.82) is 0 Å². The third kappa shape index (κ3) is 3.50. The number of benzene rings is 2. The fraction of sp³-hybridized carbons (Fsp3) is 0.316. The van der Waals surface area contributed by atoms with Crippen LogP contribution in [0.15, 0.2) is 53.5 Å². The Balaban J connectivity index is 1.61. The first-order valence-electron chi connectivity index (χ1n) is 8.43. The van der Waals surface area contributed by atoms with Crippen molar-refractivity contribution < 1.29 is 12.8 Å². The van der Waals surface area contributed by atoms with Crippen LogP contribution in [0.4, 0.5) is 10.1 Å². The zero-order valence-electron chi connectivity index (χ0n) is 14.3. The molecular formula is C19H19FN2O2S2. The predicted octanol–water partition coefficient (Wildman–Crippen LogP) is 3.41. The zero-order valence-corrected chi connectivity index (χ0v) is 15.9. The fourth-order valence-corrected chi connectivity index (χ4v) is 6.32. The highest BCUT2D eigenvalue weighted by Crippen LogP contribution is 2.36. The molecular weight excluding hydrogens is 371 g/mol. The van der Waals surface area contributed by atoms with Crippen molar-refractivity contribution in [1.82, 2.24) is 0 Å². The van der Waals surface area contributed by atoms with Crippen LogP contribution in [0.2, 0.25) is 0 Å². The number of thioether (sulfide) groups is 1. The minimum absolute atomic E-state index is 0.101. The van der Waals surface area contributed by atoms with Gasteiger partial charge in [0.15, 0.2) is 15.0 Å². The number of anilines is 1. The maximum atomic E-state index is 13.4. The zero-order chi connectivity index (χ0) is 18.3. The van der Waals surface area contributed by atoms with E-state index < -0.39 is 9.84 Å². The van der Waals surface area contributed by atoms with Crippen molar-refractivity contribution in [3.8, 4) is 0 Å². The van der Waals surface area contributed by atoms with Gasteiger partial charge in [-0.3, -0.25) is 4.99 Å². The van der Waals surface area contributed by atoms with Gasteiger partial charge in [0.1, 0.15) is 5.82 Å². The molecule has 2 aromatic carbocycles. The maximum absolute atomic E-state index is 13.4. The van der Waals surface area contributed by atoms with Crippen molar-refractivity contribution in [2.45, 2.75) is 24.8 Å². The number of fused-ring (bicyclic) bond motifs is 1. The molecule has 4 rings (SSSR count). The summed E-state index contributed by atoms with van der Waals surface area (Å²) in [4.78, 5) is 6.74. The average molecular weight is 391 g/mol. The summed E-state index contributed by atoms with van der Waals surface area (Å²) in [5.74, 6) is 0.559. The molecule has 0 radical (unpaired) electrons. The molecule has 26 heavy (non-hydrogen) atoms. The Labute approximate surface area is 157 Å². The average Bonchev–Trinajstić information content (AvgIpc) is 3.05. The highest BCUT2D eigenvalue weighted by Gasteiger charge is 2.47. The first kappa shape index (κ1) is 17.5. The van der Waals surface area contributed by atoms with E-state index in [-0.39, 0.29) is 29.4 Å². The van der Waals surface area contributed by atoms with E-state index in [4.69, 9.17) is 4.99 Å². The molecule has 2 atom stereocenters. The standard InChI is InChI=1S/C19H19FN2O2S2/c1-13-5-7-16(8-6-13)22-18-12-26(23,24)11-17(18)21-19(22)25-10-14-3-2-4-15(20)9-14/h2-9,17-18H,10-12H2,1H3/t17-,18-/m1/s1. The minimum Gasteiger partial charge on any atom is -0.315 e. The lowest BCUT2D eigenvalue weighted by Crippen LogP contribution is -2.39. The monoisotopic (exact) mass is 390 g/mol. The number of halogens is 1. The second-order valence-corrected chi connectivity index (χ2v) is 9.84. The molecule has 0 bridgehead atoms. The van der Waals surface area contributed by atoms with Gasteiger partial charge in [-0.1, -0.05) is 41.6 Å². The van der Waals surface area contributed by atoms with Gasteiger partial charge in [0.25, 0.3) is 0 Å². The van der Waals surface area contributed by atoms with Crippen LogP contribution in [0.3, 0.4) is 0 Å². The third-order valence-electron chi connectivity index (χ3n) is 4.68. The summed E-state index contributed by atoms with van der Waals surface area (Å²) in [5.41, 5.74) is 2.98. The molecule has 2 aliphatic rings. The van der Waals surface area contributed by atoms with Crippen LogP contribution in [0.5, 0.6) is 0 Å². The highest BCUT2D eigenvalue weighted by molar-refractivity contribution is 8.13. The van der Waals surface area contributed by atoms with E-state index in [1.54, 1.807) is 6.07 Å². The van der Waals surface area contributed by atoms with E-state index in [2.05, 4.69) is 0 Å². The van der Waals surface area contributed by atoms with Crippen LogP contribution in [0, 0.1) is 12.7 Å². The van der Waals surface area contributed by atoms with Crippen LogP contribution in [0.1, 0.15) is 11.1 Å². The quantitative estimate of drug-likeness (QED) is 0.806. The second kappa shape index (κ2) is 6.70. The first-order valence-corrected chi connectivity index (χ1v) is 11.2. The summed E-state index contributed by atoms with van der Waals surface area (Å²) < 4.78 is 37.5. The maximum Gasteiger partial charge on any atom is 0.164 e. The van der Waals surface area contributed by atoms with E-state index >= 15 is 0 Å². The van der Waals surface area contributed by atoms with Gasteiger partial charge in [0, 0.05) is 11.4 Å². The number of rotatable bonds is 3. The molecule has 0 saturated carbocycles. The Kier molecular flexibility index (Phi) is 4.52. The Morgan fingerprint density at radius 2 is 1.96 bits per heavy atom. The number of hydrogen-bond donors (Lipinski definition) is 0. The molecule has 1 fully saturated rings. The Morgan fingerprint density at radius 3 is 2.69 bits per heavy atom. The number of aryl methyl sites for hydroxylation is 1. The van der Waals surface area contributed by atoms with Crippen LogP contribution in [-0.4, -0.2) is 37.2 Å². The SMILES string of the molecule is Cc1ccc(N2C(SCc3cccc(F)c3)=N[C@@H]3CS(=O)(=O)C[C@H]32)cc1. The van der Waals surface area contributed by atoms with Gasteiger partial charge in [0.05, 0.1) is 23.6 Å². The van der Waals surface area contributed by atoms with Crippen LogP contribution in [-0.2, 0) is 15.6 Å². The molecule has 0 aliphatic carbocycles. The van der Waals surface area contributed by atoms with Gasteiger partial charge in [-0.05, 0) is 36.8 Å². The summed E-state index contributed by atoms with van der Waals surface area (Å²) in [6, 6.07) is 14.2. The number of hydrogen-bond acceptors (Lipinski definition) is 5. The molecule has 4 nitrogen and oxygen atoms in total. The summed E-state index contributed by atoms with van der Waals surface area (Å²) in [6.45, 7) is 2.02. The molecule has 0 amide bonds. The van der Waals surface area contributed by atoms with Crippen molar-refractivity contribution in [2.75, 3.05) is 16.4 Å². The largest absolute Gasteiger partial charge is 0.315 e. The first-order chi connectivity index (χ1) is 12.4. The van der Waals surface area contributed by atoms with Crippen LogP contribution < -0.4 is 4.90 Å². The Morgan fingerprint density at radius 1 is 1.19 bits per heavy atom. The summed E-state index contributed by atoms with van der Waals surface area (Å²) in [7, 11) is -3.06. The number of nitrogens with zero attached hydrogens (tertiary/aromatic N) is 2. The summed E-state index contributed by atoms with van der Waals surface area (Å²) in [5, 5.41) is 0.808. The smallest absolute Gasteiger partial charge is 0.164 e. The summed E-state index contributed by atoms with van der Waals surface area (Å²) in [6.07, 6.45) is 0. The van der Waals surface area contributed by atoms with E-state index in [1.165, 1.54) is 23.9 Å². The van der Waals surface area contributed by atoms with Crippen molar-refractivity contribution >= 4 is 32.5 Å². The van der Waals surface area contributed by atoms with Gasteiger partial charge < -0.3 is 4.90 Å². The number of amidine groups is 1. The van der Waals surface area contributed by atoms with E-state index in [1.807, 2.05) is 42.2 Å². The molecule has 0 aromatic heterocycles. The Bertz CT molecular complexity index is 958. The lowest BCUT2D eigenvalue weighted by atomic mass is 10.1. The molecule has 7 heteroatoms. The lowest BCUT2D eigenvalue weighted by Gasteiger charge is -2.26. The molecule has 0 unspecified atom stereocenters.